The maximum atomic E-state index is 12.7. The number of rotatable bonds is 2. The Morgan fingerprint density at radius 3 is 2.68 bits per heavy atom. The van der Waals surface area contributed by atoms with Crippen LogP contribution in [-0.4, -0.2) is 53.4 Å². The topological polar surface area (TPSA) is 64.7 Å². The van der Waals surface area contributed by atoms with Gasteiger partial charge in [-0.1, -0.05) is 17.7 Å². The van der Waals surface area contributed by atoms with Crippen LogP contribution in [0.4, 0.5) is 5.69 Å². The van der Waals surface area contributed by atoms with Crippen LogP contribution in [0.15, 0.2) is 24.3 Å². The molecule has 1 aliphatic carbocycles. The number of nitrogens with one attached hydrogen (secondary N) is 2. The van der Waals surface area contributed by atoms with Gasteiger partial charge in [0.1, 0.15) is 6.04 Å². The Bertz CT molecular complexity index is 675. The van der Waals surface area contributed by atoms with Crippen LogP contribution in [0.25, 0.3) is 0 Å². The molecule has 0 spiro atoms. The number of amides is 2. The van der Waals surface area contributed by atoms with Crippen molar-refractivity contribution in [2.75, 3.05) is 18.9 Å². The highest BCUT2D eigenvalue weighted by atomic mass is 16.2. The third-order valence-electron chi connectivity index (χ3n) is 6.01. The minimum atomic E-state index is -0.0445. The summed E-state index contributed by atoms with van der Waals surface area (Å²) in [6, 6.07) is 8.28. The predicted octanol–water partition coefficient (Wildman–Crippen LogP) is 1.52. The fourth-order valence-corrected chi connectivity index (χ4v) is 4.56. The van der Waals surface area contributed by atoms with Crippen molar-refractivity contribution in [1.82, 2.24) is 15.3 Å². The summed E-state index contributed by atoms with van der Waals surface area (Å²) < 4.78 is 0. The summed E-state index contributed by atoms with van der Waals surface area (Å²) in [5, 5.41) is 5.20. The van der Waals surface area contributed by atoms with Crippen LogP contribution in [0.3, 0.4) is 0 Å². The molecule has 0 bridgehead atoms. The van der Waals surface area contributed by atoms with Crippen LogP contribution in [0, 0.1) is 12.8 Å². The van der Waals surface area contributed by atoms with Crippen LogP contribution in [0.2, 0.25) is 0 Å². The zero-order valence-corrected chi connectivity index (χ0v) is 14.9. The monoisotopic (exact) mass is 342 g/mol. The number of likely N-dealkylation sites (N-methyl/N-ethyl adjacent to an activating group) is 1. The maximum absolute atomic E-state index is 12.7. The second-order valence-corrected chi connectivity index (χ2v) is 7.57. The molecule has 4 unspecified atom stereocenters. The van der Waals surface area contributed by atoms with Gasteiger partial charge in [0.15, 0.2) is 0 Å². The molecular weight excluding hydrogens is 316 g/mol. The Labute approximate surface area is 148 Å². The van der Waals surface area contributed by atoms with Crippen molar-refractivity contribution in [3.63, 3.8) is 0 Å². The number of carbonyl (C=O) groups excluding carboxylic acids is 2. The van der Waals surface area contributed by atoms with Gasteiger partial charge >= 0.3 is 0 Å². The summed E-state index contributed by atoms with van der Waals surface area (Å²) >= 11 is 0. The molecular formula is C19H26N4O2. The van der Waals surface area contributed by atoms with Crippen molar-refractivity contribution in [2.45, 2.75) is 50.7 Å². The lowest BCUT2D eigenvalue weighted by Gasteiger charge is -2.50. The summed E-state index contributed by atoms with van der Waals surface area (Å²) in [4.78, 5) is 27.2. The van der Waals surface area contributed by atoms with Gasteiger partial charge in [0.2, 0.25) is 11.8 Å². The van der Waals surface area contributed by atoms with Gasteiger partial charge in [-0.05, 0) is 44.7 Å². The van der Waals surface area contributed by atoms with Crippen LogP contribution in [-0.2, 0) is 9.59 Å². The van der Waals surface area contributed by atoms with Gasteiger partial charge in [0.25, 0.3) is 0 Å². The van der Waals surface area contributed by atoms with E-state index in [4.69, 9.17) is 0 Å². The third kappa shape index (κ3) is 2.93. The van der Waals surface area contributed by atoms with Crippen molar-refractivity contribution in [3.8, 4) is 0 Å². The molecule has 3 aliphatic rings. The average Bonchev–Trinajstić information content (AvgIpc) is 3.11. The fraction of sp³-hybridized carbons (Fsp3) is 0.579. The largest absolute Gasteiger partial charge is 0.340 e. The number of aryl methyl sites for hydroxylation is 1. The number of fused-ring (bicyclic) bond motifs is 3. The van der Waals surface area contributed by atoms with Gasteiger partial charge in [0, 0.05) is 37.3 Å². The van der Waals surface area contributed by atoms with E-state index >= 15 is 0 Å². The predicted molar refractivity (Wildman–Crippen MR) is 95.7 cm³/mol. The van der Waals surface area contributed by atoms with Crippen LogP contribution in [0.1, 0.15) is 31.2 Å². The number of benzene rings is 1. The quantitative estimate of drug-likeness (QED) is 0.855. The third-order valence-corrected chi connectivity index (χ3v) is 6.01. The fourth-order valence-electron chi connectivity index (χ4n) is 4.56. The van der Waals surface area contributed by atoms with E-state index in [1.165, 1.54) is 5.56 Å². The molecule has 134 valence electrons. The van der Waals surface area contributed by atoms with Gasteiger partial charge < -0.3 is 10.2 Å². The van der Waals surface area contributed by atoms with Gasteiger partial charge in [-0.2, -0.15) is 0 Å². The molecule has 0 aromatic heterocycles. The maximum Gasteiger partial charge on any atom is 0.241 e. The molecule has 2 amide bonds. The highest BCUT2D eigenvalue weighted by Crippen LogP contribution is 2.37. The molecule has 2 aliphatic heterocycles. The van der Waals surface area contributed by atoms with E-state index < -0.39 is 0 Å². The van der Waals surface area contributed by atoms with E-state index in [-0.39, 0.29) is 29.8 Å². The number of piperazine rings is 1. The summed E-state index contributed by atoms with van der Waals surface area (Å²) in [6.07, 6.45) is 3.42. The van der Waals surface area contributed by atoms with E-state index in [0.29, 0.717) is 6.04 Å². The number of nitrogens with zero attached hydrogens (tertiary/aromatic N) is 2. The van der Waals surface area contributed by atoms with Gasteiger partial charge in [-0.3, -0.25) is 15.0 Å². The Kier molecular flexibility index (Phi) is 4.25. The summed E-state index contributed by atoms with van der Waals surface area (Å²) in [5.41, 5.74) is 5.40. The Balaban J connectivity index is 1.45. The average molecular weight is 342 g/mol. The molecule has 0 radical (unpaired) electrons. The second kappa shape index (κ2) is 6.42. The smallest absolute Gasteiger partial charge is 0.241 e. The van der Waals surface area contributed by atoms with Gasteiger partial charge in [-0.25, -0.2) is 5.01 Å². The molecule has 2 heterocycles. The first-order valence-corrected chi connectivity index (χ1v) is 9.20. The first-order valence-electron chi connectivity index (χ1n) is 9.20. The molecule has 1 saturated carbocycles. The molecule has 6 nitrogen and oxygen atoms in total. The van der Waals surface area contributed by atoms with Crippen molar-refractivity contribution in [2.24, 2.45) is 5.92 Å². The van der Waals surface area contributed by atoms with Crippen LogP contribution >= 0.6 is 0 Å². The molecule has 4 atom stereocenters. The number of anilines is 1. The van der Waals surface area contributed by atoms with Crippen molar-refractivity contribution in [3.05, 3.63) is 29.8 Å². The molecule has 2 saturated heterocycles. The molecule has 6 heteroatoms. The van der Waals surface area contributed by atoms with Crippen LogP contribution < -0.4 is 10.7 Å². The summed E-state index contributed by atoms with van der Waals surface area (Å²) in [5.74, 6) is 0.211. The number of hydrogen-bond donors (Lipinski definition) is 2. The minimum absolute atomic E-state index is 0.0239. The highest BCUT2D eigenvalue weighted by Gasteiger charge is 2.50. The number of hydrogen-bond acceptors (Lipinski definition) is 4. The summed E-state index contributed by atoms with van der Waals surface area (Å²) in [7, 11) is 1.90. The lowest BCUT2D eigenvalue weighted by molar-refractivity contribution is -0.153. The minimum Gasteiger partial charge on any atom is -0.340 e. The van der Waals surface area contributed by atoms with E-state index in [1.807, 2.05) is 43.1 Å². The standard InChI is InChI=1S/C19H26N4O2/c1-12-3-6-14(7-4-12)21-18(24)13-5-8-15-17(11-13)22(2)19(25)16-9-10-20-23(15)16/h3-4,6-7,13,15-17,20H,5,8-11H2,1-2H3,(H,21,24). The molecule has 2 N–H and O–H groups in total. The van der Waals surface area contributed by atoms with E-state index in [2.05, 4.69) is 15.8 Å². The molecule has 25 heavy (non-hydrogen) atoms. The second-order valence-electron chi connectivity index (χ2n) is 7.57. The first kappa shape index (κ1) is 16.5. The zero-order valence-electron chi connectivity index (χ0n) is 14.9. The van der Waals surface area contributed by atoms with E-state index in [0.717, 1.165) is 37.9 Å². The SMILES string of the molecule is Cc1ccc(NC(=O)C2CCC3C(C2)N(C)C(=O)C2CCNN23)cc1. The highest BCUT2D eigenvalue weighted by molar-refractivity contribution is 5.92. The molecule has 1 aromatic carbocycles. The zero-order chi connectivity index (χ0) is 17.6. The lowest BCUT2D eigenvalue weighted by Crippen LogP contribution is -2.67. The van der Waals surface area contributed by atoms with Gasteiger partial charge in [0.05, 0.1) is 0 Å². The van der Waals surface area contributed by atoms with Crippen molar-refractivity contribution >= 4 is 17.5 Å². The Hall–Kier alpha value is -1.92. The molecule has 3 fully saturated rings. The van der Waals surface area contributed by atoms with Gasteiger partial charge in [-0.15, -0.1) is 0 Å². The van der Waals surface area contributed by atoms with E-state index in [1.54, 1.807) is 0 Å². The molecule has 4 rings (SSSR count). The van der Waals surface area contributed by atoms with Crippen LogP contribution in [0.5, 0.6) is 0 Å². The number of hydrazine groups is 1. The summed E-state index contributed by atoms with van der Waals surface area (Å²) in [6.45, 7) is 2.90. The van der Waals surface area contributed by atoms with Crippen molar-refractivity contribution < 1.29 is 9.59 Å². The van der Waals surface area contributed by atoms with E-state index in [9.17, 15) is 9.59 Å². The van der Waals surface area contributed by atoms with Crippen molar-refractivity contribution in [1.29, 1.82) is 0 Å². The Morgan fingerprint density at radius 1 is 1.16 bits per heavy atom. The number of carbonyl (C=O) groups is 2. The Morgan fingerprint density at radius 2 is 1.92 bits per heavy atom. The normalized spacial score (nSPS) is 32.2. The molecule has 1 aromatic rings. The first-order chi connectivity index (χ1) is 12.0. The lowest BCUT2D eigenvalue weighted by atomic mass is 9.79.